The molecule has 0 bridgehead atoms. The monoisotopic (exact) mass is 154 g/mol. The van der Waals surface area contributed by atoms with Crippen molar-refractivity contribution in [3.05, 3.63) is 11.8 Å². The second-order valence-electron chi connectivity index (χ2n) is 3.95. The van der Waals surface area contributed by atoms with Crippen LogP contribution in [-0.2, 0) is 6.42 Å². The number of hydrogen-bond donors (Lipinski definition) is 0. The Morgan fingerprint density at radius 2 is 1.91 bits per heavy atom. The maximum absolute atomic E-state index is 5.24. The second kappa shape index (κ2) is 2.64. The first-order chi connectivity index (χ1) is 4.97. The molecule has 0 fully saturated rings. The van der Waals surface area contributed by atoms with Crippen molar-refractivity contribution < 1.29 is 4.42 Å². The lowest BCUT2D eigenvalue weighted by molar-refractivity contribution is 0.349. The molecule has 0 aliphatic carbocycles. The molecule has 0 N–H and O–H groups in total. The molecule has 0 aliphatic heterocycles. The molecule has 3 nitrogen and oxygen atoms in total. The maximum atomic E-state index is 5.24. The maximum Gasteiger partial charge on any atom is 0.217 e. The summed E-state index contributed by atoms with van der Waals surface area (Å²) in [6.45, 7) is 8.24. The lowest BCUT2D eigenvalue weighted by Gasteiger charge is -2.13. The second-order valence-corrected chi connectivity index (χ2v) is 3.95. The fraction of sp³-hybridized carbons (Fsp3) is 0.750. The van der Waals surface area contributed by atoms with Crippen LogP contribution >= 0.6 is 0 Å². The van der Waals surface area contributed by atoms with Crippen LogP contribution in [-0.4, -0.2) is 10.2 Å². The van der Waals surface area contributed by atoms with Gasteiger partial charge in [0.1, 0.15) is 0 Å². The Bertz CT molecular complexity index is 234. The van der Waals surface area contributed by atoms with Gasteiger partial charge in [-0.15, -0.1) is 10.2 Å². The van der Waals surface area contributed by atoms with Crippen molar-refractivity contribution in [3.8, 4) is 0 Å². The third-order valence-corrected chi connectivity index (χ3v) is 1.25. The Balaban J connectivity index is 2.65. The minimum Gasteiger partial charge on any atom is -0.426 e. The highest BCUT2D eigenvalue weighted by Crippen LogP contribution is 2.19. The van der Waals surface area contributed by atoms with E-state index in [-0.39, 0.29) is 5.41 Å². The van der Waals surface area contributed by atoms with E-state index < -0.39 is 0 Å². The molecule has 1 aromatic heterocycles. The van der Waals surface area contributed by atoms with Gasteiger partial charge in [-0.1, -0.05) is 20.8 Å². The molecular weight excluding hydrogens is 140 g/mol. The molecule has 0 saturated carbocycles. The van der Waals surface area contributed by atoms with E-state index in [4.69, 9.17) is 4.42 Å². The van der Waals surface area contributed by atoms with E-state index in [2.05, 4.69) is 31.0 Å². The van der Waals surface area contributed by atoms with E-state index in [1.165, 1.54) is 0 Å². The topological polar surface area (TPSA) is 38.9 Å². The van der Waals surface area contributed by atoms with Crippen LogP contribution in [0.1, 0.15) is 32.6 Å². The van der Waals surface area contributed by atoms with Crippen LogP contribution in [0.15, 0.2) is 4.42 Å². The molecule has 0 spiro atoms. The Labute approximate surface area is 66.8 Å². The van der Waals surface area contributed by atoms with Crippen LogP contribution in [0.5, 0.6) is 0 Å². The van der Waals surface area contributed by atoms with Crippen molar-refractivity contribution in [1.82, 2.24) is 10.2 Å². The molecule has 1 aromatic rings. The summed E-state index contributed by atoms with van der Waals surface area (Å²) in [5.41, 5.74) is 0.221. The summed E-state index contributed by atoms with van der Waals surface area (Å²) in [4.78, 5) is 0. The highest BCUT2D eigenvalue weighted by molar-refractivity contribution is 4.83. The van der Waals surface area contributed by atoms with E-state index in [9.17, 15) is 0 Å². The average Bonchev–Trinajstić information content (AvgIpc) is 2.10. The summed E-state index contributed by atoms with van der Waals surface area (Å²) >= 11 is 0. The molecule has 0 radical (unpaired) electrons. The first-order valence-corrected chi connectivity index (χ1v) is 3.76. The minimum absolute atomic E-state index is 0.221. The Hall–Kier alpha value is -0.860. The van der Waals surface area contributed by atoms with E-state index in [0.29, 0.717) is 5.89 Å². The molecule has 0 aliphatic rings. The van der Waals surface area contributed by atoms with Crippen molar-refractivity contribution in [3.63, 3.8) is 0 Å². The lowest BCUT2D eigenvalue weighted by Crippen LogP contribution is -2.09. The number of aromatic nitrogens is 2. The van der Waals surface area contributed by atoms with Crippen molar-refractivity contribution in [1.29, 1.82) is 0 Å². The van der Waals surface area contributed by atoms with E-state index >= 15 is 0 Å². The van der Waals surface area contributed by atoms with Gasteiger partial charge in [-0.3, -0.25) is 0 Å². The number of aryl methyl sites for hydroxylation is 1. The van der Waals surface area contributed by atoms with Gasteiger partial charge >= 0.3 is 0 Å². The summed E-state index contributed by atoms with van der Waals surface area (Å²) in [6, 6.07) is 0. The smallest absolute Gasteiger partial charge is 0.217 e. The number of hydrogen-bond acceptors (Lipinski definition) is 3. The molecule has 0 aromatic carbocycles. The molecule has 62 valence electrons. The molecule has 0 amide bonds. The van der Waals surface area contributed by atoms with Crippen LogP contribution in [0.2, 0.25) is 0 Å². The normalized spacial score (nSPS) is 12.0. The van der Waals surface area contributed by atoms with Crippen LogP contribution < -0.4 is 0 Å². The van der Waals surface area contributed by atoms with Crippen molar-refractivity contribution in [2.75, 3.05) is 0 Å². The molecule has 0 saturated heterocycles. The Kier molecular flexibility index (Phi) is 1.98. The van der Waals surface area contributed by atoms with Crippen LogP contribution in [0.4, 0.5) is 0 Å². The summed E-state index contributed by atoms with van der Waals surface area (Å²) in [5.74, 6) is 1.37. The van der Waals surface area contributed by atoms with Gasteiger partial charge in [-0.2, -0.15) is 0 Å². The predicted molar refractivity (Wildman–Crippen MR) is 42.2 cm³/mol. The third kappa shape index (κ3) is 2.70. The Morgan fingerprint density at radius 3 is 2.27 bits per heavy atom. The molecule has 1 heterocycles. The van der Waals surface area contributed by atoms with Gasteiger partial charge in [0.05, 0.1) is 0 Å². The summed E-state index contributed by atoms with van der Waals surface area (Å²) in [6.07, 6.45) is 0.841. The molecule has 0 unspecified atom stereocenters. The molecular formula is C8H14N2O. The summed E-state index contributed by atoms with van der Waals surface area (Å²) in [7, 11) is 0. The first-order valence-electron chi connectivity index (χ1n) is 3.76. The predicted octanol–water partition coefficient (Wildman–Crippen LogP) is 1.97. The molecule has 1 rings (SSSR count). The van der Waals surface area contributed by atoms with Gasteiger partial charge < -0.3 is 4.42 Å². The van der Waals surface area contributed by atoms with Gasteiger partial charge in [0.15, 0.2) is 0 Å². The summed E-state index contributed by atoms with van der Waals surface area (Å²) < 4.78 is 5.24. The van der Waals surface area contributed by atoms with Crippen LogP contribution in [0.3, 0.4) is 0 Å². The number of nitrogens with zero attached hydrogens (tertiary/aromatic N) is 2. The first kappa shape index (κ1) is 8.24. The van der Waals surface area contributed by atoms with Crippen LogP contribution in [0.25, 0.3) is 0 Å². The molecule has 0 atom stereocenters. The van der Waals surface area contributed by atoms with E-state index in [1.807, 2.05) is 0 Å². The highest BCUT2D eigenvalue weighted by atomic mass is 16.4. The van der Waals surface area contributed by atoms with Gasteiger partial charge in [0.25, 0.3) is 0 Å². The van der Waals surface area contributed by atoms with Crippen LogP contribution in [0, 0.1) is 12.3 Å². The zero-order valence-corrected chi connectivity index (χ0v) is 7.51. The van der Waals surface area contributed by atoms with Crippen molar-refractivity contribution in [2.45, 2.75) is 34.1 Å². The van der Waals surface area contributed by atoms with E-state index in [1.54, 1.807) is 6.92 Å². The van der Waals surface area contributed by atoms with Crippen molar-refractivity contribution in [2.24, 2.45) is 5.41 Å². The highest BCUT2D eigenvalue weighted by Gasteiger charge is 2.15. The fourth-order valence-electron chi connectivity index (χ4n) is 0.863. The minimum atomic E-state index is 0.221. The zero-order valence-electron chi connectivity index (χ0n) is 7.51. The fourth-order valence-corrected chi connectivity index (χ4v) is 0.863. The standard InChI is InChI=1S/C8H14N2O/c1-6-9-10-7(11-6)5-8(2,3)4/h5H2,1-4H3. The zero-order chi connectivity index (χ0) is 8.48. The lowest BCUT2D eigenvalue weighted by atomic mass is 9.92. The van der Waals surface area contributed by atoms with Gasteiger partial charge in [0.2, 0.25) is 11.8 Å². The number of rotatable bonds is 1. The SMILES string of the molecule is Cc1nnc(CC(C)(C)C)o1. The quantitative estimate of drug-likeness (QED) is 0.620. The third-order valence-electron chi connectivity index (χ3n) is 1.25. The van der Waals surface area contributed by atoms with Gasteiger partial charge in [0, 0.05) is 13.3 Å². The van der Waals surface area contributed by atoms with E-state index in [0.717, 1.165) is 12.3 Å². The molecule has 11 heavy (non-hydrogen) atoms. The van der Waals surface area contributed by atoms with Crippen molar-refractivity contribution >= 4 is 0 Å². The summed E-state index contributed by atoms with van der Waals surface area (Å²) in [5, 5.41) is 7.67. The average molecular weight is 154 g/mol. The van der Waals surface area contributed by atoms with Gasteiger partial charge in [-0.25, -0.2) is 0 Å². The Morgan fingerprint density at radius 1 is 1.27 bits per heavy atom. The molecule has 3 heteroatoms. The largest absolute Gasteiger partial charge is 0.426 e. The van der Waals surface area contributed by atoms with Gasteiger partial charge in [-0.05, 0) is 5.41 Å².